The summed E-state index contributed by atoms with van der Waals surface area (Å²) in [5, 5.41) is 3.13. The minimum atomic E-state index is -0.270. The van der Waals surface area contributed by atoms with Crippen LogP contribution in [0.4, 0.5) is 5.82 Å². The Hall–Kier alpha value is -3.59. The number of amides is 2. The van der Waals surface area contributed by atoms with E-state index in [-0.39, 0.29) is 23.9 Å². The van der Waals surface area contributed by atoms with Crippen molar-refractivity contribution in [2.75, 3.05) is 31.6 Å². The lowest BCUT2D eigenvalue weighted by Gasteiger charge is -2.27. The third-order valence-corrected chi connectivity index (χ3v) is 5.18. The van der Waals surface area contributed by atoms with Gasteiger partial charge in [0.2, 0.25) is 11.8 Å². The maximum atomic E-state index is 13.0. The molecule has 0 aliphatic carbocycles. The summed E-state index contributed by atoms with van der Waals surface area (Å²) in [6.45, 7) is 3.79. The molecule has 3 aromatic rings. The molecule has 0 unspecified atom stereocenters. The van der Waals surface area contributed by atoms with Crippen LogP contribution in [0.2, 0.25) is 0 Å². The molecule has 2 aromatic heterocycles. The number of nitrogens with zero attached hydrogens (tertiary/aromatic N) is 4. The quantitative estimate of drug-likeness (QED) is 0.672. The van der Waals surface area contributed by atoms with Gasteiger partial charge in [-0.2, -0.15) is 0 Å². The fourth-order valence-corrected chi connectivity index (χ4v) is 3.38. The molecule has 1 aliphatic heterocycles. The highest BCUT2D eigenvalue weighted by molar-refractivity contribution is 5.90. The molecule has 0 saturated carbocycles. The molecule has 0 spiro atoms. The highest BCUT2D eigenvalue weighted by Gasteiger charge is 2.18. The van der Waals surface area contributed by atoms with Gasteiger partial charge in [0, 0.05) is 31.3 Å². The molecule has 0 atom stereocenters. The molecule has 31 heavy (non-hydrogen) atoms. The number of aromatic nitrogens is 3. The standard InChI is InChI=1S/C22H23N5O4/c1-2-20(28)25-19-6-4-16(12-23-19)15-3-5-18-17(11-15)22(30)27(14-24-18)13-21(29)26-7-9-31-10-8-26/h3-6,11-12,14H,2,7-10,13H2,1H3,(H,23,25,28). The Labute approximate surface area is 178 Å². The van der Waals surface area contributed by atoms with Gasteiger partial charge in [0.05, 0.1) is 30.4 Å². The number of hydrogen-bond acceptors (Lipinski definition) is 6. The van der Waals surface area contributed by atoms with Gasteiger partial charge in [0.25, 0.3) is 5.56 Å². The van der Waals surface area contributed by atoms with Crippen LogP contribution in [0.25, 0.3) is 22.0 Å². The number of nitrogens with one attached hydrogen (secondary N) is 1. The van der Waals surface area contributed by atoms with Crippen molar-refractivity contribution in [3.63, 3.8) is 0 Å². The molecule has 9 nitrogen and oxygen atoms in total. The van der Waals surface area contributed by atoms with Crippen molar-refractivity contribution in [2.24, 2.45) is 0 Å². The van der Waals surface area contributed by atoms with E-state index in [1.165, 1.54) is 10.9 Å². The number of carbonyl (C=O) groups is 2. The fraction of sp³-hybridized carbons (Fsp3) is 0.318. The molecule has 1 saturated heterocycles. The lowest BCUT2D eigenvalue weighted by Crippen LogP contribution is -2.43. The minimum absolute atomic E-state index is 0.0562. The lowest BCUT2D eigenvalue weighted by molar-refractivity contribution is -0.136. The second-order valence-corrected chi connectivity index (χ2v) is 7.24. The van der Waals surface area contributed by atoms with Crippen molar-refractivity contribution in [3.05, 3.63) is 53.2 Å². The van der Waals surface area contributed by atoms with Gasteiger partial charge in [-0.15, -0.1) is 0 Å². The second kappa shape index (κ2) is 9.05. The van der Waals surface area contributed by atoms with Crippen LogP contribution in [-0.4, -0.2) is 57.6 Å². The summed E-state index contributed by atoms with van der Waals surface area (Å²) < 4.78 is 6.61. The Morgan fingerprint density at radius 3 is 2.58 bits per heavy atom. The van der Waals surface area contributed by atoms with E-state index in [0.29, 0.717) is 49.4 Å². The molecule has 0 radical (unpaired) electrons. The predicted octanol–water partition coefficient (Wildman–Crippen LogP) is 1.67. The van der Waals surface area contributed by atoms with E-state index in [9.17, 15) is 14.4 Å². The van der Waals surface area contributed by atoms with Crippen LogP contribution in [0.5, 0.6) is 0 Å². The van der Waals surface area contributed by atoms with E-state index in [1.54, 1.807) is 36.2 Å². The molecular formula is C22H23N5O4. The van der Waals surface area contributed by atoms with E-state index in [2.05, 4.69) is 15.3 Å². The topological polar surface area (TPSA) is 106 Å². The van der Waals surface area contributed by atoms with Crippen LogP contribution in [0.15, 0.2) is 47.7 Å². The Morgan fingerprint density at radius 1 is 1.10 bits per heavy atom. The summed E-state index contributed by atoms with van der Waals surface area (Å²) >= 11 is 0. The molecule has 2 amide bonds. The van der Waals surface area contributed by atoms with E-state index in [4.69, 9.17) is 4.74 Å². The Bertz CT molecular complexity index is 1170. The third kappa shape index (κ3) is 4.61. The highest BCUT2D eigenvalue weighted by atomic mass is 16.5. The van der Waals surface area contributed by atoms with Crippen molar-refractivity contribution in [1.82, 2.24) is 19.4 Å². The Balaban J connectivity index is 1.59. The number of pyridine rings is 1. The van der Waals surface area contributed by atoms with E-state index >= 15 is 0 Å². The van der Waals surface area contributed by atoms with Gasteiger partial charge < -0.3 is 15.0 Å². The third-order valence-electron chi connectivity index (χ3n) is 5.18. The van der Waals surface area contributed by atoms with Gasteiger partial charge in [-0.05, 0) is 29.8 Å². The molecule has 3 heterocycles. The average molecular weight is 421 g/mol. The largest absolute Gasteiger partial charge is 0.378 e. The van der Waals surface area contributed by atoms with Crippen molar-refractivity contribution in [1.29, 1.82) is 0 Å². The van der Waals surface area contributed by atoms with Crippen LogP contribution in [-0.2, 0) is 20.9 Å². The van der Waals surface area contributed by atoms with Gasteiger partial charge in [-0.25, -0.2) is 9.97 Å². The number of carbonyl (C=O) groups excluding carboxylic acids is 2. The van der Waals surface area contributed by atoms with Crippen molar-refractivity contribution in [2.45, 2.75) is 19.9 Å². The van der Waals surface area contributed by atoms with Crippen LogP contribution in [0.3, 0.4) is 0 Å². The second-order valence-electron chi connectivity index (χ2n) is 7.24. The monoisotopic (exact) mass is 421 g/mol. The summed E-state index contributed by atoms with van der Waals surface area (Å²) in [6, 6.07) is 8.93. The molecule has 1 N–H and O–H groups in total. The van der Waals surface area contributed by atoms with Crippen LogP contribution in [0.1, 0.15) is 13.3 Å². The number of rotatable bonds is 5. The molecule has 1 aliphatic rings. The molecule has 1 fully saturated rings. The molecular weight excluding hydrogens is 398 g/mol. The molecule has 160 valence electrons. The Kier molecular flexibility index (Phi) is 6.03. The zero-order valence-corrected chi connectivity index (χ0v) is 17.2. The maximum absolute atomic E-state index is 13.0. The van der Waals surface area contributed by atoms with Crippen molar-refractivity contribution in [3.8, 4) is 11.1 Å². The first kappa shape index (κ1) is 20.7. The van der Waals surface area contributed by atoms with Crippen molar-refractivity contribution < 1.29 is 14.3 Å². The zero-order valence-electron chi connectivity index (χ0n) is 17.2. The molecule has 4 rings (SSSR count). The highest BCUT2D eigenvalue weighted by Crippen LogP contribution is 2.22. The van der Waals surface area contributed by atoms with E-state index in [1.807, 2.05) is 12.1 Å². The van der Waals surface area contributed by atoms with Gasteiger partial charge >= 0.3 is 0 Å². The van der Waals surface area contributed by atoms with Crippen LogP contribution in [0, 0.1) is 0 Å². The maximum Gasteiger partial charge on any atom is 0.261 e. The first-order chi connectivity index (χ1) is 15.0. The summed E-state index contributed by atoms with van der Waals surface area (Å²) in [6.07, 6.45) is 3.43. The van der Waals surface area contributed by atoms with Crippen LogP contribution >= 0.6 is 0 Å². The number of benzene rings is 1. The fourth-order valence-electron chi connectivity index (χ4n) is 3.38. The number of hydrogen-bond donors (Lipinski definition) is 1. The number of anilines is 1. The van der Waals surface area contributed by atoms with Gasteiger partial charge in [-0.3, -0.25) is 19.0 Å². The first-order valence-electron chi connectivity index (χ1n) is 10.2. The number of ether oxygens (including phenoxy) is 1. The predicted molar refractivity (Wildman–Crippen MR) is 116 cm³/mol. The normalized spacial score (nSPS) is 13.9. The van der Waals surface area contributed by atoms with E-state index in [0.717, 1.165) is 11.1 Å². The van der Waals surface area contributed by atoms with Gasteiger partial charge in [-0.1, -0.05) is 13.0 Å². The Morgan fingerprint density at radius 2 is 1.87 bits per heavy atom. The average Bonchev–Trinajstić information content (AvgIpc) is 2.81. The summed E-state index contributed by atoms with van der Waals surface area (Å²) in [4.78, 5) is 47.3. The van der Waals surface area contributed by atoms with Crippen LogP contribution < -0.4 is 10.9 Å². The molecule has 0 bridgehead atoms. The van der Waals surface area contributed by atoms with Crippen molar-refractivity contribution >= 4 is 28.5 Å². The summed E-state index contributed by atoms with van der Waals surface area (Å²) in [5.41, 5.74) is 1.89. The smallest absolute Gasteiger partial charge is 0.261 e. The lowest BCUT2D eigenvalue weighted by atomic mass is 10.1. The summed E-state index contributed by atoms with van der Waals surface area (Å²) in [5.74, 6) is 0.239. The first-order valence-corrected chi connectivity index (χ1v) is 10.2. The number of fused-ring (bicyclic) bond motifs is 1. The summed E-state index contributed by atoms with van der Waals surface area (Å²) in [7, 11) is 0. The molecule has 1 aromatic carbocycles. The zero-order chi connectivity index (χ0) is 21.8. The van der Waals surface area contributed by atoms with Gasteiger partial charge in [0.15, 0.2) is 0 Å². The number of morpholine rings is 1. The molecule has 9 heteroatoms. The SMILES string of the molecule is CCC(=O)Nc1ccc(-c2ccc3ncn(CC(=O)N4CCOCC4)c(=O)c3c2)cn1. The van der Waals surface area contributed by atoms with E-state index < -0.39 is 0 Å². The minimum Gasteiger partial charge on any atom is -0.378 e. The van der Waals surface area contributed by atoms with Gasteiger partial charge in [0.1, 0.15) is 12.4 Å².